The molecule has 6 nitrogen and oxygen atoms in total. The summed E-state index contributed by atoms with van der Waals surface area (Å²) in [5, 5.41) is 0. The van der Waals surface area contributed by atoms with Crippen LogP contribution in [0.3, 0.4) is 0 Å². The number of amides is 1. The van der Waals surface area contributed by atoms with Gasteiger partial charge in [0.2, 0.25) is 0 Å². The fourth-order valence-corrected chi connectivity index (χ4v) is 2.38. The van der Waals surface area contributed by atoms with Gasteiger partial charge in [0.05, 0.1) is 12.6 Å². The molecular weight excluding hydrogens is 286 g/mol. The predicted octanol–water partition coefficient (Wildman–Crippen LogP) is 2.32. The summed E-state index contributed by atoms with van der Waals surface area (Å²) in [7, 11) is 0. The normalized spacial score (nSPS) is 19.8. The van der Waals surface area contributed by atoms with Gasteiger partial charge in [-0.1, -0.05) is 30.3 Å². The van der Waals surface area contributed by atoms with Crippen LogP contribution >= 0.6 is 0 Å². The van der Waals surface area contributed by atoms with Crippen molar-refractivity contribution < 1.29 is 23.8 Å². The highest BCUT2D eigenvalue weighted by atomic mass is 16.6. The first-order valence-corrected chi connectivity index (χ1v) is 7.17. The summed E-state index contributed by atoms with van der Waals surface area (Å²) in [6, 6.07) is 9.09. The Kier molecular flexibility index (Phi) is 5.03. The van der Waals surface area contributed by atoms with E-state index in [2.05, 4.69) is 0 Å². The van der Waals surface area contributed by atoms with Gasteiger partial charge in [0.1, 0.15) is 18.9 Å². The Labute approximate surface area is 129 Å². The lowest BCUT2D eigenvalue weighted by Gasteiger charge is -2.32. The van der Waals surface area contributed by atoms with Gasteiger partial charge in [0, 0.05) is 6.92 Å². The fraction of sp³-hybridized carbons (Fsp3) is 0.500. The lowest BCUT2D eigenvalue weighted by atomic mass is 10.2. The molecule has 1 fully saturated rings. The Morgan fingerprint density at radius 1 is 1.27 bits per heavy atom. The van der Waals surface area contributed by atoms with Gasteiger partial charge in [-0.15, -0.1) is 0 Å². The number of nitrogens with zero attached hydrogens (tertiary/aromatic N) is 1. The molecule has 6 heteroatoms. The van der Waals surface area contributed by atoms with Crippen LogP contribution in [0, 0.1) is 0 Å². The van der Waals surface area contributed by atoms with Crippen LogP contribution in [0.15, 0.2) is 30.3 Å². The Morgan fingerprint density at radius 3 is 2.59 bits per heavy atom. The van der Waals surface area contributed by atoms with E-state index in [1.165, 1.54) is 11.8 Å². The summed E-state index contributed by atoms with van der Waals surface area (Å²) in [5.41, 5.74) is 0.115. The van der Waals surface area contributed by atoms with Crippen LogP contribution in [0.5, 0.6) is 0 Å². The number of esters is 1. The number of carbonyl (C=O) groups excluding carboxylic acids is 2. The van der Waals surface area contributed by atoms with Crippen molar-refractivity contribution >= 4 is 12.1 Å². The number of hydrogen-bond donors (Lipinski definition) is 0. The van der Waals surface area contributed by atoms with Crippen LogP contribution in [-0.4, -0.2) is 41.9 Å². The van der Waals surface area contributed by atoms with E-state index in [1.807, 2.05) is 30.3 Å². The number of benzene rings is 1. The lowest BCUT2D eigenvalue weighted by Crippen LogP contribution is -2.49. The molecule has 0 radical (unpaired) electrons. The van der Waals surface area contributed by atoms with Gasteiger partial charge in [-0.3, -0.25) is 9.69 Å². The number of hydrogen-bond acceptors (Lipinski definition) is 5. The number of ether oxygens (including phenoxy) is 3. The summed E-state index contributed by atoms with van der Waals surface area (Å²) >= 11 is 0. The van der Waals surface area contributed by atoms with Gasteiger partial charge in [0.15, 0.2) is 0 Å². The van der Waals surface area contributed by atoms with Gasteiger partial charge in [-0.25, -0.2) is 4.79 Å². The molecule has 22 heavy (non-hydrogen) atoms. The zero-order valence-electron chi connectivity index (χ0n) is 13.1. The summed E-state index contributed by atoms with van der Waals surface area (Å²) in [4.78, 5) is 24.8. The molecule has 1 aromatic carbocycles. The van der Waals surface area contributed by atoms with Gasteiger partial charge in [0.25, 0.3) is 0 Å². The minimum atomic E-state index is -0.793. The lowest BCUT2D eigenvalue weighted by molar-refractivity contribution is -0.142. The molecule has 0 spiro atoms. The molecule has 1 aromatic rings. The third-order valence-corrected chi connectivity index (χ3v) is 3.46. The van der Waals surface area contributed by atoms with Crippen LogP contribution in [-0.2, 0) is 25.6 Å². The number of carbonyl (C=O) groups is 2. The maximum absolute atomic E-state index is 12.4. The van der Waals surface area contributed by atoms with Crippen LogP contribution in [0.1, 0.15) is 26.3 Å². The molecule has 0 aliphatic carbocycles. The molecule has 1 aliphatic rings. The molecule has 1 aliphatic heterocycles. The summed E-state index contributed by atoms with van der Waals surface area (Å²) < 4.78 is 15.9. The first-order chi connectivity index (χ1) is 10.4. The van der Waals surface area contributed by atoms with Crippen LogP contribution in [0.4, 0.5) is 4.79 Å². The third-order valence-electron chi connectivity index (χ3n) is 3.46. The van der Waals surface area contributed by atoms with Crippen molar-refractivity contribution in [3.8, 4) is 0 Å². The van der Waals surface area contributed by atoms with E-state index < -0.39 is 11.8 Å². The molecule has 120 valence electrons. The van der Waals surface area contributed by atoms with Gasteiger partial charge < -0.3 is 14.2 Å². The van der Waals surface area contributed by atoms with Crippen LogP contribution < -0.4 is 0 Å². The standard InChI is InChI=1S/C16H21NO5/c1-12(18)20-10-14-11-22-16(2,3)17(14)15(19)21-9-13-7-5-4-6-8-13/h4-8,14H,9-11H2,1-3H3/t14-/m1/s1. The second kappa shape index (κ2) is 6.79. The highest BCUT2D eigenvalue weighted by Crippen LogP contribution is 2.28. The summed E-state index contributed by atoms with van der Waals surface area (Å²) in [5.74, 6) is -0.387. The summed E-state index contributed by atoms with van der Waals surface area (Å²) in [6.45, 7) is 5.49. The number of rotatable bonds is 4. The quantitative estimate of drug-likeness (QED) is 0.799. The highest BCUT2D eigenvalue weighted by Gasteiger charge is 2.45. The maximum atomic E-state index is 12.4. The van der Waals surface area contributed by atoms with E-state index in [1.54, 1.807) is 13.8 Å². The largest absolute Gasteiger partial charge is 0.464 e. The monoisotopic (exact) mass is 307 g/mol. The average molecular weight is 307 g/mol. The first kappa shape index (κ1) is 16.3. The first-order valence-electron chi connectivity index (χ1n) is 7.17. The van der Waals surface area contributed by atoms with E-state index in [0.717, 1.165) is 5.56 Å². The smallest absolute Gasteiger partial charge is 0.412 e. The second-order valence-electron chi connectivity index (χ2n) is 5.62. The van der Waals surface area contributed by atoms with Gasteiger partial charge in [-0.05, 0) is 19.4 Å². The molecule has 2 rings (SSSR count). The third kappa shape index (κ3) is 3.98. The van der Waals surface area contributed by atoms with Crippen LogP contribution in [0.25, 0.3) is 0 Å². The highest BCUT2D eigenvalue weighted by molar-refractivity contribution is 5.69. The van der Waals surface area contributed by atoms with Gasteiger partial charge in [-0.2, -0.15) is 0 Å². The maximum Gasteiger partial charge on any atom is 0.412 e. The van der Waals surface area contributed by atoms with E-state index >= 15 is 0 Å². The zero-order chi connectivity index (χ0) is 16.2. The molecule has 1 amide bonds. The van der Waals surface area contributed by atoms with Crippen molar-refractivity contribution in [3.63, 3.8) is 0 Å². The van der Waals surface area contributed by atoms with Crippen molar-refractivity contribution in [2.45, 2.75) is 39.1 Å². The van der Waals surface area contributed by atoms with E-state index in [9.17, 15) is 9.59 Å². The van der Waals surface area contributed by atoms with Crippen LogP contribution in [0.2, 0.25) is 0 Å². The van der Waals surface area contributed by atoms with Crippen molar-refractivity contribution in [2.75, 3.05) is 13.2 Å². The molecule has 0 bridgehead atoms. The molecule has 1 heterocycles. The Hall–Kier alpha value is -2.08. The minimum absolute atomic E-state index is 0.0964. The fourth-order valence-electron chi connectivity index (χ4n) is 2.38. The van der Waals surface area contributed by atoms with E-state index in [0.29, 0.717) is 6.61 Å². The molecule has 1 saturated heterocycles. The molecule has 1 atom stereocenters. The van der Waals surface area contributed by atoms with Crippen molar-refractivity contribution in [1.82, 2.24) is 4.90 Å². The average Bonchev–Trinajstić information content (AvgIpc) is 2.78. The Morgan fingerprint density at radius 2 is 1.95 bits per heavy atom. The molecule has 0 aromatic heterocycles. The van der Waals surface area contributed by atoms with Crippen molar-refractivity contribution in [1.29, 1.82) is 0 Å². The second-order valence-corrected chi connectivity index (χ2v) is 5.62. The molecule has 0 unspecified atom stereocenters. The Balaban J connectivity index is 1.98. The molecule has 0 N–H and O–H groups in total. The van der Waals surface area contributed by atoms with Crippen molar-refractivity contribution in [2.24, 2.45) is 0 Å². The SMILES string of the molecule is CC(=O)OC[C@@H]1COC(C)(C)N1C(=O)OCc1ccccc1. The predicted molar refractivity (Wildman–Crippen MR) is 78.9 cm³/mol. The Bertz CT molecular complexity index is 529. The van der Waals surface area contributed by atoms with Crippen molar-refractivity contribution in [3.05, 3.63) is 35.9 Å². The topological polar surface area (TPSA) is 65.1 Å². The van der Waals surface area contributed by atoms with Gasteiger partial charge >= 0.3 is 12.1 Å². The molecule has 0 saturated carbocycles. The van der Waals surface area contributed by atoms with E-state index in [-0.39, 0.29) is 25.2 Å². The summed E-state index contributed by atoms with van der Waals surface area (Å²) in [6.07, 6.45) is -0.483. The van der Waals surface area contributed by atoms with E-state index in [4.69, 9.17) is 14.2 Å². The zero-order valence-corrected chi connectivity index (χ0v) is 13.1. The minimum Gasteiger partial charge on any atom is -0.464 e. The molecular formula is C16H21NO5.